The van der Waals surface area contributed by atoms with Crippen LogP contribution in [0.5, 0.6) is 0 Å². The van der Waals surface area contributed by atoms with E-state index in [4.69, 9.17) is 16.3 Å². The van der Waals surface area contributed by atoms with Gasteiger partial charge in [-0.3, -0.25) is 8.37 Å². The van der Waals surface area contributed by atoms with Crippen molar-refractivity contribution < 1.29 is 56.3 Å². The first-order valence-electron chi connectivity index (χ1n) is 6.82. The van der Waals surface area contributed by atoms with Crippen LogP contribution in [0.15, 0.2) is 24.3 Å². The average Bonchev–Trinajstić information content (AvgIpc) is 2.52. The number of ether oxygens (including phenoxy) is 1. The summed E-state index contributed by atoms with van der Waals surface area (Å²) in [6, 6.07) is 5.74. The molecule has 0 aliphatic carbocycles. The van der Waals surface area contributed by atoms with Gasteiger partial charge in [-0.15, -0.1) is 0 Å². The Morgan fingerprint density at radius 2 is 1.36 bits per heavy atom. The lowest BCUT2D eigenvalue weighted by molar-refractivity contribution is -0.0686. The molecule has 0 saturated carbocycles. The van der Waals surface area contributed by atoms with Crippen LogP contribution in [0.25, 0.3) is 0 Å². The van der Waals surface area contributed by atoms with E-state index in [1.807, 2.05) is 0 Å². The van der Waals surface area contributed by atoms with E-state index in [1.54, 1.807) is 0 Å². The van der Waals surface area contributed by atoms with E-state index in [0.29, 0.717) is 10.6 Å². The van der Waals surface area contributed by atoms with Crippen LogP contribution in [-0.4, -0.2) is 47.2 Å². The molecule has 0 radical (unpaired) electrons. The van der Waals surface area contributed by atoms with E-state index in [2.05, 4.69) is 8.37 Å². The van der Waals surface area contributed by atoms with Crippen LogP contribution in [-0.2, 0) is 39.9 Å². The maximum absolute atomic E-state index is 12.4. The van der Waals surface area contributed by atoms with Crippen LogP contribution in [0.3, 0.4) is 0 Å². The van der Waals surface area contributed by atoms with E-state index in [-0.39, 0.29) is 6.61 Å². The molecule has 1 aromatic carbocycles. The van der Waals surface area contributed by atoms with Crippen molar-refractivity contribution >= 4 is 31.8 Å². The number of hydrogen-bond acceptors (Lipinski definition) is 7. The summed E-state index contributed by atoms with van der Waals surface area (Å²) >= 11 is 5.63. The normalized spacial score (nSPS) is 14.8. The average molecular weight is 481 g/mol. The van der Waals surface area contributed by atoms with E-state index in [1.165, 1.54) is 24.3 Å². The lowest BCUT2D eigenvalue weighted by atomic mass is 10.2. The van der Waals surface area contributed by atoms with Crippen LogP contribution in [0.1, 0.15) is 5.56 Å². The predicted octanol–water partition coefficient (Wildman–Crippen LogP) is 2.96. The van der Waals surface area contributed by atoms with Crippen LogP contribution >= 0.6 is 11.6 Å². The largest absolute Gasteiger partial charge is 0.523 e. The van der Waals surface area contributed by atoms with Crippen molar-refractivity contribution in [2.24, 2.45) is 0 Å². The Kier molecular flexibility index (Phi) is 8.12. The molecule has 16 heteroatoms. The SMILES string of the molecule is O=S(=O)(OCC(COCc1ccc(Cl)cc1)OS(=O)(=O)C(F)(F)F)C(F)(F)F. The molecule has 0 aliphatic rings. The second kappa shape index (κ2) is 9.13. The fourth-order valence-electron chi connectivity index (χ4n) is 1.46. The Labute approximate surface area is 160 Å². The third kappa shape index (κ3) is 7.36. The Morgan fingerprint density at radius 3 is 1.82 bits per heavy atom. The third-order valence-corrected chi connectivity index (χ3v) is 5.08. The fraction of sp³-hybridized carbons (Fsp3) is 0.500. The van der Waals surface area contributed by atoms with Gasteiger partial charge in [0.25, 0.3) is 0 Å². The van der Waals surface area contributed by atoms with Gasteiger partial charge in [0, 0.05) is 5.02 Å². The van der Waals surface area contributed by atoms with Crippen LogP contribution in [0.2, 0.25) is 5.02 Å². The zero-order valence-corrected chi connectivity index (χ0v) is 15.7. The topological polar surface area (TPSA) is 96.0 Å². The number of hydrogen-bond donors (Lipinski definition) is 0. The summed E-state index contributed by atoms with van der Waals surface area (Å²) in [5.41, 5.74) is -11.3. The minimum Gasteiger partial charge on any atom is -0.374 e. The number of benzene rings is 1. The summed E-state index contributed by atoms with van der Waals surface area (Å²) in [6.07, 6.45) is -2.34. The van der Waals surface area contributed by atoms with E-state index >= 15 is 0 Å². The monoisotopic (exact) mass is 480 g/mol. The van der Waals surface area contributed by atoms with Gasteiger partial charge in [-0.05, 0) is 17.7 Å². The quantitative estimate of drug-likeness (QED) is 0.304. The Bertz CT molecular complexity index is 850. The molecular weight excluding hydrogens is 470 g/mol. The number of rotatable bonds is 9. The summed E-state index contributed by atoms with van der Waals surface area (Å²) in [5.74, 6) is 0. The van der Waals surface area contributed by atoms with Gasteiger partial charge in [0.05, 0.1) is 19.8 Å². The van der Waals surface area contributed by atoms with Crippen molar-refractivity contribution in [3.05, 3.63) is 34.9 Å². The van der Waals surface area contributed by atoms with Crippen molar-refractivity contribution in [1.82, 2.24) is 0 Å². The van der Waals surface area contributed by atoms with Gasteiger partial charge in [-0.2, -0.15) is 43.2 Å². The number of halogens is 7. The first-order chi connectivity index (χ1) is 12.6. The smallest absolute Gasteiger partial charge is 0.374 e. The maximum Gasteiger partial charge on any atom is 0.523 e. The molecule has 0 heterocycles. The minimum atomic E-state index is -6.25. The molecule has 0 bridgehead atoms. The van der Waals surface area contributed by atoms with Gasteiger partial charge in [-0.1, -0.05) is 23.7 Å². The molecule has 0 N–H and O–H groups in total. The summed E-state index contributed by atoms with van der Waals surface area (Å²) in [7, 11) is -12.4. The first-order valence-corrected chi connectivity index (χ1v) is 10.0. The second-order valence-corrected chi connectivity index (χ2v) is 8.55. The summed E-state index contributed by atoms with van der Waals surface area (Å²) < 4.78 is 130. The van der Waals surface area contributed by atoms with Crippen LogP contribution in [0.4, 0.5) is 26.3 Å². The molecule has 28 heavy (non-hydrogen) atoms. The molecular formula is C12H11ClF6O7S2. The standard InChI is InChI=1S/C12H11ClF6O7S2/c13-9-3-1-8(2-4-9)5-24-6-10(26-28(22,23)12(17,18)19)7-25-27(20,21)11(14,15)16/h1-4,10H,5-7H2. The van der Waals surface area contributed by atoms with Crippen molar-refractivity contribution in [3.63, 3.8) is 0 Å². The molecule has 0 saturated heterocycles. The molecule has 162 valence electrons. The number of alkyl halides is 6. The zero-order valence-electron chi connectivity index (χ0n) is 13.3. The van der Waals surface area contributed by atoms with E-state index in [9.17, 15) is 43.2 Å². The molecule has 0 fully saturated rings. The van der Waals surface area contributed by atoms with Crippen molar-refractivity contribution in [3.8, 4) is 0 Å². The molecule has 1 atom stereocenters. The van der Waals surface area contributed by atoms with Crippen LogP contribution < -0.4 is 0 Å². The molecule has 0 aromatic heterocycles. The molecule has 0 aliphatic heterocycles. The molecule has 1 rings (SSSR count). The van der Waals surface area contributed by atoms with Gasteiger partial charge >= 0.3 is 31.3 Å². The highest BCUT2D eigenvalue weighted by molar-refractivity contribution is 7.88. The highest BCUT2D eigenvalue weighted by Crippen LogP contribution is 2.28. The van der Waals surface area contributed by atoms with Crippen molar-refractivity contribution in [2.75, 3.05) is 13.2 Å². The lowest BCUT2D eigenvalue weighted by Gasteiger charge is -2.19. The summed E-state index contributed by atoms with van der Waals surface area (Å²) in [5, 5.41) is 0.354. The predicted molar refractivity (Wildman–Crippen MR) is 81.9 cm³/mol. The van der Waals surface area contributed by atoms with E-state index in [0.717, 1.165) is 0 Å². The lowest BCUT2D eigenvalue weighted by Crippen LogP contribution is -2.37. The molecule has 1 aromatic rings. The summed E-state index contributed by atoms with van der Waals surface area (Å²) in [6.45, 7) is -3.06. The fourth-order valence-corrected chi connectivity index (χ4v) is 2.63. The van der Waals surface area contributed by atoms with Gasteiger partial charge in [0.1, 0.15) is 6.10 Å². The highest BCUT2D eigenvalue weighted by atomic mass is 35.5. The van der Waals surface area contributed by atoms with Crippen molar-refractivity contribution in [1.29, 1.82) is 0 Å². The highest BCUT2D eigenvalue weighted by Gasteiger charge is 2.50. The molecule has 0 spiro atoms. The van der Waals surface area contributed by atoms with E-state index < -0.39 is 50.6 Å². The Morgan fingerprint density at radius 1 is 0.857 bits per heavy atom. The minimum absolute atomic E-state index is 0.324. The maximum atomic E-state index is 12.4. The summed E-state index contributed by atoms with van der Waals surface area (Å²) in [4.78, 5) is 0. The van der Waals surface area contributed by atoms with Gasteiger partial charge < -0.3 is 4.74 Å². The van der Waals surface area contributed by atoms with Crippen molar-refractivity contribution in [2.45, 2.75) is 23.7 Å². The molecule has 0 amide bonds. The first kappa shape index (κ1) is 24.9. The third-order valence-electron chi connectivity index (χ3n) is 2.72. The Balaban J connectivity index is 2.84. The van der Waals surface area contributed by atoms with Gasteiger partial charge in [-0.25, -0.2) is 0 Å². The molecule has 1 unspecified atom stereocenters. The van der Waals surface area contributed by atoms with Gasteiger partial charge in [0.15, 0.2) is 0 Å². The Hall–Kier alpha value is -1.13. The van der Waals surface area contributed by atoms with Crippen LogP contribution in [0, 0.1) is 0 Å². The van der Waals surface area contributed by atoms with Gasteiger partial charge in [0.2, 0.25) is 0 Å². The zero-order chi connectivity index (χ0) is 21.8. The molecule has 7 nitrogen and oxygen atoms in total. The second-order valence-electron chi connectivity index (χ2n) is 4.94.